The molecular formula is C14H20N4O3. The van der Waals surface area contributed by atoms with Crippen LogP contribution in [0.5, 0.6) is 0 Å². The van der Waals surface area contributed by atoms with Crippen LogP contribution in [0, 0.1) is 12.8 Å². The molecule has 0 aliphatic carbocycles. The van der Waals surface area contributed by atoms with Crippen molar-refractivity contribution in [2.24, 2.45) is 5.92 Å². The topological polar surface area (TPSA) is 95.4 Å². The quantitative estimate of drug-likeness (QED) is 0.853. The third-order valence-electron chi connectivity index (χ3n) is 3.73. The first-order valence-corrected chi connectivity index (χ1v) is 7.03. The van der Waals surface area contributed by atoms with Crippen LogP contribution >= 0.6 is 0 Å². The van der Waals surface area contributed by atoms with E-state index in [4.69, 9.17) is 5.11 Å². The summed E-state index contributed by atoms with van der Waals surface area (Å²) < 4.78 is 0. The molecule has 1 amide bonds. The van der Waals surface area contributed by atoms with Gasteiger partial charge in [0.25, 0.3) is 0 Å². The summed E-state index contributed by atoms with van der Waals surface area (Å²) in [4.78, 5) is 32.3. The predicted octanol–water partition coefficient (Wildman–Crippen LogP) is 0.836. The Morgan fingerprint density at radius 3 is 2.62 bits per heavy atom. The average Bonchev–Trinajstić information content (AvgIpc) is 2.45. The highest BCUT2D eigenvalue weighted by molar-refractivity contribution is 5.88. The molecule has 2 N–H and O–H groups in total. The monoisotopic (exact) mass is 292 g/mol. The highest BCUT2D eigenvalue weighted by Gasteiger charge is 2.22. The molecule has 0 saturated carbocycles. The summed E-state index contributed by atoms with van der Waals surface area (Å²) in [6.45, 7) is 5.54. The van der Waals surface area contributed by atoms with Crippen molar-refractivity contribution >= 4 is 17.8 Å². The van der Waals surface area contributed by atoms with Gasteiger partial charge < -0.3 is 15.3 Å². The Morgan fingerprint density at radius 2 is 2.10 bits per heavy atom. The molecule has 114 valence electrons. The maximum absolute atomic E-state index is 11.0. The maximum atomic E-state index is 11.0. The van der Waals surface area contributed by atoms with Crippen LogP contribution in [0.4, 0.5) is 5.95 Å². The van der Waals surface area contributed by atoms with E-state index in [0.29, 0.717) is 24.1 Å². The third-order valence-corrected chi connectivity index (χ3v) is 3.73. The van der Waals surface area contributed by atoms with E-state index >= 15 is 0 Å². The molecule has 0 atom stereocenters. The minimum atomic E-state index is -1.01. The summed E-state index contributed by atoms with van der Waals surface area (Å²) in [5.41, 5.74) is 0.618. The summed E-state index contributed by atoms with van der Waals surface area (Å²) in [5.74, 6) is 0.0497. The number of nitrogens with one attached hydrogen (secondary N) is 1. The van der Waals surface area contributed by atoms with Crippen molar-refractivity contribution in [3.8, 4) is 0 Å². The van der Waals surface area contributed by atoms with Crippen molar-refractivity contribution in [1.82, 2.24) is 15.3 Å². The Morgan fingerprint density at radius 1 is 1.43 bits per heavy atom. The van der Waals surface area contributed by atoms with E-state index in [9.17, 15) is 9.59 Å². The fourth-order valence-electron chi connectivity index (χ4n) is 2.44. The first kappa shape index (κ1) is 15.2. The zero-order valence-electron chi connectivity index (χ0n) is 12.3. The Kier molecular flexibility index (Phi) is 4.72. The van der Waals surface area contributed by atoms with Crippen molar-refractivity contribution in [3.63, 3.8) is 0 Å². The van der Waals surface area contributed by atoms with Crippen molar-refractivity contribution < 1.29 is 14.7 Å². The second-order valence-electron chi connectivity index (χ2n) is 5.34. The van der Waals surface area contributed by atoms with Gasteiger partial charge in [0.1, 0.15) is 0 Å². The summed E-state index contributed by atoms with van der Waals surface area (Å²) in [6, 6.07) is 0. The van der Waals surface area contributed by atoms with E-state index in [2.05, 4.69) is 20.2 Å². The lowest BCUT2D eigenvalue weighted by atomic mass is 9.97. The first-order chi connectivity index (χ1) is 9.97. The normalized spacial score (nSPS) is 15.8. The van der Waals surface area contributed by atoms with Gasteiger partial charge in [0.15, 0.2) is 0 Å². The molecule has 2 heterocycles. The molecule has 7 heteroatoms. The Balaban J connectivity index is 1.94. The molecule has 1 aromatic rings. The first-order valence-electron chi connectivity index (χ1n) is 7.03. The zero-order chi connectivity index (χ0) is 15.4. The molecule has 0 bridgehead atoms. The van der Waals surface area contributed by atoms with Gasteiger partial charge in [0.2, 0.25) is 11.9 Å². The maximum Gasteiger partial charge on any atom is 0.339 e. The largest absolute Gasteiger partial charge is 0.478 e. The fourth-order valence-corrected chi connectivity index (χ4v) is 2.44. The molecule has 1 aliphatic rings. The Bertz CT molecular complexity index is 539. The summed E-state index contributed by atoms with van der Waals surface area (Å²) in [6.07, 6.45) is 3.29. The van der Waals surface area contributed by atoms with Crippen LogP contribution in [0.2, 0.25) is 0 Å². The number of aromatic nitrogens is 2. The number of hydrogen-bond acceptors (Lipinski definition) is 5. The number of anilines is 1. The molecular weight excluding hydrogens is 272 g/mol. The Hall–Kier alpha value is -2.18. The van der Waals surface area contributed by atoms with E-state index in [1.54, 1.807) is 6.92 Å². The molecule has 1 fully saturated rings. The molecule has 21 heavy (non-hydrogen) atoms. The van der Waals surface area contributed by atoms with E-state index in [1.807, 2.05) is 0 Å². The van der Waals surface area contributed by atoms with Gasteiger partial charge in [-0.3, -0.25) is 4.79 Å². The van der Waals surface area contributed by atoms with Gasteiger partial charge >= 0.3 is 5.97 Å². The summed E-state index contributed by atoms with van der Waals surface area (Å²) >= 11 is 0. The molecule has 2 rings (SSSR count). The van der Waals surface area contributed by atoms with Crippen LogP contribution in [0.25, 0.3) is 0 Å². The number of rotatable bonds is 4. The molecule has 0 spiro atoms. The van der Waals surface area contributed by atoms with Crippen LogP contribution in [-0.2, 0) is 4.79 Å². The van der Waals surface area contributed by atoms with Gasteiger partial charge in [-0.05, 0) is 25.7 Å². The Labute approximate surface area is 123 Å². The van der Waals surface area contributed by atoms with Gasteiger partial charge in [-0.2, -0.15) is 0 Å². The lowest BCUT2D eigenvalue weighted by Crippen LogP contribution is -2.39. The standard InChI is InChI=1S/C14H20N4O3/c1-9-12(13(20)21)8-16-14(17-9)18-5-3-11(4-6-18)7-15-10(2)19/h8,11H,3-7H2,1-2H3,(H,15,19)(H,20,21). The third kappa shape index (κ3) is 3.90. The van der Waals surface area contributed by atoms with Crippen LogP contribution < -0.4 is 10.2 Å². The average molecular weight is 292 g/mol. The van der Waals surface area contributed by atoms with E-state index in [1.165, 1.54) is 13.1 Å². The molecule has 1 aromatic heterocycles. The minimum absolute atomic E-state index is 0.000599. The van der Waals surface area contributed by atoms with Crippen molar-refractivity contribution in [3.05, 3.63) is 17.5 Å². The molecule has 0 radical (unpaired) electrons. The molecule has 1 saturated heterocycles. The van der Waals surface area contributed by atoms with Crippen LogP contribution in [-0.4, -0.2) is 46.6 Å². The molecule has 7 nitrogen and oxygen atoms in total. The number of carboxylic acid groups (broad SMARTS) is 1. The highest BCUT2D eigenvalue weighted by atomic mass is 16.4. The van der Waals surface area contributed by atoms with E-state index < -0.39 is 5.97 Å². The number of piperidine rings is 1. The predicted molar refractivity (Wildman–Crippen MR) is 77.3 cm³/mol. The smallest absolute Gasteiger partial charge is 0.339 e. The number of aryl methyl sites for hydroxylation is 1. The molecule has 0 aromatic carbocycles. The van der Waals surface area contributed by atoms with Crippen molar-refractivity contribution in [1.29, 1.82) is 0 Å². The number of hydrogen-bond donors (Lipinski definition) is 2. The lowest BCUT2D eigenvalue weighted by molar-refractivity contribution is -0.119. The van der Waals surface area contributed by atoms with Crippen LogP contribution in [0.3, 0.4) is 0 Å². The summed E-state index contributed by atoms with van der Waals surface area (Å²) in [7, 11) is 0. The SMILES string of the molecule is CC(=O)NCC1CCN(c2ncc(C(=O)O)c(C)n2)CC1. The second kappa shape index (κ2) is 6.51. The van der Waals surface area contributed by atoms with E-state index in [0.717, 1.165) is 25.9 Å². The second-order valence-corrected chi connectivity index (χ2v) is 5.34. The van der Waals surface area contributed by atoms with Gasteiger partial charge in [0.05, 0.1) is 11.3 Å². The number of carbonyl (C=O) groups is 2. The van der Waals surface area contributed by atoms with Crippen LogP contribution in [0.1, 0.15) is 35.8 Å². The van der Waals surface area contributed by atoms with E-state index in [-0.39, 0.29) is 11.5 Å². The number of amides is 1. The van der Waals surface area contributed by atoms with Gasteiger partial charge in [-0.25, -0.2) is 14.8 Å². The highest BCUT2D eigenvalue weighted by Crippen LogP contribution is 2.20. The molecule has 0 unspecified atom stereocenters. The molecule has 1 aliphatic heterocycles. The van der Waals surface area contributed by atoms with Gasteiger partial charge in [-0.15, -0.1) is 0 Å². The lowest BCUT2D eigenvalue weighted by Gasteiger charge is -2.32. The summed E-state index contributed by atoms with van der Waals surface area (Å²) in [5, 5.41) is 11.8. The number of aromatic carboxylic acids is 1. The fraction of sp³-hybridized carbons (Fsp3) is 0.571. The number of carbonyl (C=O) groups excluding carboxylic acids is 1. The van der Waals surface area contributed by atoms with Gasteiger partial charge in [0, 0.05) is 32.8 Å². The number of nitrogens with zero attached hydrogens (tertiary/aromatic N) is 3. The number of carboxylic acids is 1. The zero-order valence-corrected chi connectivity index (χ0v) is 12.3. The van der Waals surface area contributed by atoms with Crippen molar-refractivity contribution in [2.75, 3.05) is 24.5 Å². The van der Waals surface area contributed by atoms with Crippen molar-refractivity contribution in [2.45, 2.75) is 26.7 Å². The van der Waals surface area contributed by atoms with Gasteiger partial charge in [-0.1, -0.05) is 0 Å². The minimum Gasteiger partial charge on any atom is -0.478 e. The van der Waals surface area contributed by atoms with Crippen LogP contribution in [0.15, 0.2) is 6.20 Å².